The fourth-order valence-corrected chi connectivity index (χ4v) is 9.00. The van der Waals surface area contributed by atoms with Crippen LogP contribution in [0.15, 0.2) is 152 Å². The van der Waals surface area contributed by atoms with Gasteiger partial charge < -0.3 is 4.57 Å². The van der Waals surface area contributed by atoms with Crippen molar-refractivity contribution in [1.29, 1.82) is 0 Å². The SMILES string of the molecule is c1ccc(-c2nc(-n3c4ccccc4c4c5c(c6ccccc6n5-c5ccccc5)c5sc6ncccc6c5c43)nc3ccccc23)cc1. The summed E-state index contributed by atoms with van der Waals surface area (Å²) in [6.07, 6.45) is 1.90. The van der Waals surface area contributed by atoms with Crippen LogP contribution in [0.5, 0.6) is 0 Å². The summed E-state index contributed by atoms with van der Waals surface area (Å²) < 4.78 is 5.96. The van der Waals surface area contributed by atoms with Crippen LogP contribution >= 0.6 is 11.3 Å². The summed E-state index contributed by atoms with van der Waals surface area (Å²) in [5.41, 5.74) is 8.52. The summed E-state index contributed by atoms with van der Waals surface area (Å²) >= 11 is 1.77. The predicted molar refractivity (Wildman–Crippen MR) is 204 cm³/mol. The zero-order chi connectivity index (χ0) is 32.1. The van der Waals surface area contributed by atoms with Gasteiger partial charge in [0.1, 0.15) is 4.83 Å². The Morgan fingerprint density at radius 1 is 0.469 bits per heavy atom. The first-order chi connectivity index (χ1) is 24.3. The number of aromatic nitrogens is 5. The Balaban J connectivity index is 1.44. The Morgan fingerprint density at radius 2 is 1.06 bits per heavy atom. The highest BCUT2D eigenvalue weighted by molar-refractivity contribution is 7.26. The van der Waals surface area contributed by atoms with Crippen LogP contribution in [-0.2, 0) is 0 Å². The van der Waals surface area contributed by atoms with Gasteiger partial charge in [0.2, 0.25) is 5.95 Å². The molecule has 0 unspecified atom stereocenters. The van der Waals surface area contributed by atoms with Gasteiger partial charge in [0, 0.05) is 59.9 Å². The number of rotatable bonds is 3. The number of pyridine rings is 1. The Hall–Kier alpha value is -6.37. The molecule has 0 saturated carbocycles. The quantitative estimate of drug-likeness (QED) is 0.192. The molecule has 0 amide bonds. The predicted octanol–water partition coefficient (Wildman–Crippen LogP) is 11.3. The highest BCUT2D eigenvalue weighted by Crippen LogP contribution is 2.50. The molecule has 0 spiro atoms. The monoisotopic (exact) mass is 643 g/mol. The molecule has 11 aromatic rings. The van der Waals surface area contributed by atoms with Crippen molar-refractivity contribution in [3.63, 3.8) is 0 Å². The maximum atomic E-state index is 5.42. The third-order valence-electron chi connectivity index (χ3n) is 9.77. The summed E-state index contributed by atoms with van der Waals surface area (Å²) in [6, 6.07) is 51.2. The first kappa shape index (κ1) is 26.7. The Morgan fingerprint density at radius 3 is 1.86 bits per heavy atom. The number of hydrogen-bond donors (Lipinski definition) is 0. The maximum absolute atomic E-state index is 5.42. The summed E-state index contributed by atoms with van der Waals surface area (Å²) in [5, 5.41) is 8.16. The number of fused-ring (bicyclic) bond motifs is 13. The van der Waals surface area contributed by atoms with Gasteiger partial charge >= 0.3 is 0 Å². The number of para-hydroxylation sites is 4. The van der Waals surface area contributed by atoms with E-state index in [9.17, 15) is 0 Å². The summed E-state index contributed by atoms with van der Waals surface area (Å²) in [4.78, 5) is 16.6. The average molecular weight is 644 g/mol. The lowest BCUT2D eigenvalue weighted by molar-refractivity contribution is 1.02. The van der Waals surface area contributed by atoms with Crippen molar-refractivity contribution in [1.82, 2.24) is 24.1 Å². The van der Waals surface area contributed by atoms with Crippen molar-refractivity contribution in [2.24, 2.45) is 0 Å². The highest BCUT2D eigenvalue weighted by Gasteiger charge is 2.27. The molecule has 0 radical (unpaired) electrons. The number of hydrogen-bond acceptors (Lipinski definition) is 4. The lowest BCUT2D eigenvalue weighted by Crippen LogP contribution is -2.03. The van der Waals surface area contributed by atoms with E-state index in [1.165, 1.54) is 37.3 Å². The van der Waals surface area contributed by atoms with Crippen molar-refractivity contribution in [3.05, 3.63) is 152 Å². The fourth-order valence-electron chi connectivity index (χ4n) is 7.80. The second-order valence-corrected chi connectivity index (χ2v) is 13.4. The van der Waals surface area contributed by atoms with E-state index in [1.807, 2.05) is 18.3 Å². The summed E-state index contributed by atoms with van der Waals surface area (Å²) in [6.45, 7) is 0. The molecule has 0 saturated heterocycles. The number of nitrogens with zero attached hydrogens (tertiary/aromatic N) is 5. The van der Waals surface area contributed by atoms with Gasteiger partial charge in [-0.05, 0) is 42.5 Å². The molecule has 5 heterocycles. The summed E-state index contributed by atoms with van der Waals surface area (Å²) in [7, 11) is 0. The van der Waals surface area contributed by atoms with E-state index in [4.69, 9.17) is 15.0 Å². The van der Waals surface area contributed by atoms with Crippen LogP contribution in [0.3, 0.4) is 0 Å². The van der Waals surface area contributed by atoms with Crippen LogP contribution in [0.2, 0.25) is 0 Å². The van der Waals surface area contributed by atoms with Crippen LogP contribution in [0.25, 0.3) is 97.7 Å². The van der Waals surface area contributed by atoms with Crippen LogP contribution in [-0.4, -0.2) is 24.1 Å². The van der Waals surface area contributed by atoms with E-state index in [1.54, 1.807) is 11.3 Å². The molecule has 5 nitrogen and oxygen atoms in total. The zero-order valence-corrected chi connectivity index (χ0v) is 26.9. The van der Waals surface area contributed by atoms with Gasteiger partial charge in [-0.1, -0.05) is 103 Å². The van der Waals surface area contributed by atoms with Gasteiger partial charge in [-0.3, -0.25) is 4.57 Å². The minimum atomic E-state index is 0.648. The first-order valence-corrected chi connectivity index (χ1v) is 17.2. The van der Waals surface area contributed by atoms with Gasteiger partial charge in [-0.2, -0.15) is 0 Å². The Kier molecular flexibility index (Phi) is 5.48. The maximum Gasteiger partial charge on any atom is 0.235 e. The highest BCUT2D eigenvalue weighted by atomic mass is 32.1. The molecular formula is C43H25N5S. The standard InChI is InChI=1S/C43H25N5S/c1-3-14-26(15-4-1)38-28-18-7-10-22-32(28)45-43(46-38)48-34-24-12-8-19-29(34)35-39-36(41-37(40(35)48)31-21-13-25-44-42(31)49-41)30-20-9-11-23-33(30)47(39)27-16-5-2-6-17-27/h1-25H. The van der Waals surface area contributed by atoms with E-state index in [-0.39, 0.29) is 0 Å². The molecule has 0 atom stereocenters. The molecule has 5 aromatic heterocycles. The van der Waals surface area contributed by atoms with Crippen LogP contribution in [0, 0.1) is 0 Å². The van der Waals surface area contributed by atoms with E-state index >= 15 is 0 Å². The minimum Gasteiger partial charge on any atom is -0.308 e. The molecule has 0 aliphatic heterocycles. The second-order valence-electron chi connectivity index (χ2n) is 12.4. The first-order valence-electron chi connectivity index (χ1n) is 16.4. The molecular weight excluding hydrogens is 619 g/mol. The third-order valence-corrected chi connectivity index (χ3v) is 10.9. The Bertz CT molecular complexity index is 3100. The molecule has 0 aliphatic carbocycles. The second kappa shape index (κ2) is 10.1. The third kappa shape index (κ3) is 3.66. The van der Waals surface area contributed by atoms with Crippen molar-refractivity contribution < 1.29 is 0 Å². The lowest BCUT2D eigenvalue weighted by atomic mass is 10.0. The molecule has 49 heavy (non-hydrogen) atoms. The largest absolute Gasteiger partial charge is 0.308 e. The molecule has 0 fully saturated rings. The topological polar surface area (TPSA) is 48.5 Å². The van der Waals surface area contributed by atoms with Gasteiger partial charge in [0.15, 0.2) is 0 Å². The van der Waals surface area contributed by atoms with Crippen molar-refractivity contribution >= 4 is 86.2 Å². The van der Waals surface area contributed by atoms with Crippen LogP contribution in [0.4, 0.5) is 0 Å². The average Bonchev–Trinajstić information content (AvgIpc) is 3.83. The van der Waals surface area contributed by atoms with Gasteiger partial charge in [0.05, 0.1) is 33.3 Å². The van der Waals surface area contributed by atoms with E-state index in [2.05, 4.69) is 143 Å². The molecule has 0 bridgehead atoms. The molecule has 0 aliphatic rings. The lowest BCUT2D eigenvalue weighted by Gasteiger charge is -2.13. The molecule has 11 rings (SSSR count). The number of benzene rings is 6. The molecule has 0 N–H and O–H groups in total. The van der Waals surface area contributed by atoms with E-state index in [0.29, 0.717) is 5.95 Å². The molecule has 6 heteroatoms. The minimum absolute atomic E-state index is 0.648. The Labute approximate surface area is 284 Å². The van der Waals surface area contributed by atoms with Crippen molar-refractivity contribution in [3.8, 4) is 22.9 Å². The molecule has 6 aromatic carbocycles. The molecule has 228 valence electrons. The van der Waals surface area contributed by atoms with E-state index < -0.39 is 0 Å². The fraction of sp³-hybridized carbons (Fsp3) is 0. The van der Waals surface area contributed by atoms with Crippen molar-refractivity contribution in [2.45, 2.75) is 0 Å². The van der Waals surface area contributed by atoms with Gasteiger partial charge in [-0.15, -0.1) is 11.3 Å². The van der Waals surface area contributed by atoms with Crippen molar-refractivity contribution in [2.75, 3.05) is 0 Å². The zero-order valence-electron chi connectivity index (χ0n) is 26.1. The van der Waals surface area contributed by atoms with Crippen LogP contribution < -0.4 is 0 Å². The summed E-state index contributed by atoms with van der Waals surface area (Å²) in [5.74, 6) is 0.648. The van der Waals surface area contributed by atoms with Gasteiger partial charge in [0.25, 0.3) is 0 Å². The number of thiophene rings is 1. The van der Waals surface area contributed by atoms with E-state index in [0.717, 1.165) is 54.5 Å². The smallest absolute Gasteiger partial charge is 0.235 e. The van der Waals surface area contributed by atoms with Crippen LogP contribution in [0.1, 0.15) is 0 Å². The normalized spacial score (nSPS) is 12.1. The van der Waals surface area contributed by atoms with Gasteiger partial charge in [-0.25, -0.2) is 15.0 Å².